The summed E-state index contributed by atoms with van der Waals surface area (Å²) in [5.41, 5.74) is 2.08. The maximum atomic E-state index is 11.6. The summed E-state index contributed by atoms with van der Waals surface area (Å²) in [6.07, 6.45) is 1.85. The highest BCUT2D eigenvalue weighted by molar-refractivity contribution is 5.95. The normalized spacial score (nSPS) is 18.9. The summed E-state index contributed by atoms with van der Waals surface area (Å²) < 4.78 is 0. The predicted octanol–water partition coefficient (Wildman–Crippen LogP) is 2.10. The van der Waals surface area contributed by atoms with E-state index in [2.05, 4.69) is 11.4 Å². The predicted molar refractivity (Wildman–Crippen MR) is 57.1 cm³/mol. The second-order valence-corrected chi connectivity index (χ2v) is 3.74. The molecule has 2 rings (SSSR count). The van der Waals surface area contributed by atoms with Crippen molar-refractivity contribution in [2.75, 3.05) is 5.32 Å². The van der Waals surface area contributed by atoms with Crippen LogP contribution in [0.25, 0.3) is 0 Å². The van der Waals surface area contributed by atoms with E-state index in [4.69, 9.17) is 5.26 Å². The van der Waals surface area contributed by atoms with Crippen molar-refractivity contribution in [2.45, 2.75) is 19.3 Å². The van der Waals surface area contributed by atoms with Gasteiger partial charge in [-0.25, -0.2) is 0 Å². The van der Waals surface area contributed by atoms with Crippen molar-refractivity contribution in [3.05, 3.63) is 29.8 Å². The third-order valence-corrected chi connectivity index (χ3v) is 2.72. The molecule has 1 amide bonds. The maximum Gasteiger partial charge on any atom is 0.227 e. The van der Waals surface area contributed by atoms with Crippen LogP contribution in [0.2, 0.25) is 0 Å². The van der Waals surface area contributed by atoms with Crippen molar-refractivity contribution in [2.24, 2.45) is 5.92 Å². The molecule has 1 aromatic carbocycles. The molecule has 0 aliphatic carbocycles. The van der Waals surface area contributed by atoms with Gasteiger partial charge in [0, 0.05) is 18.0 Å². The lowest BCUT2D eigenvalue weighted by Crippen LogP contribution is -2.29. The number of amides is 1. The van der Waals surface area contributed by atoms with Gasteiger partial charge in [0.15, 0.2) is 0 Å². The molecule has 0 radical (unpaired) electrons. The largest absolute Gasteiger partial charge is 0.326 e. The molecule has 0 saturated carbocycles. The molecule has 0 bridgehead atoms. The summed E-state index contributed by atoms with van der Waals surface area (Å²) in [5.74, 6) is 0.00324. The molecule has 3 nitrogen and oxygen atoms in total. The summed E-state index contributed by atoms with van der Waals surface area (Å²) >= 11 is 0. The summed E-state index contributed by atoms with van der Waals surface area (Å²) in [5, 5.41) is 11.4. The number of benzene rings is 1. The van der Waals surface area contributed by atoms with Crippen LogP contribution in [0.3, 0.4) is 0 Å². The van der Waals surface area contributed by atoms with Crippen molar-refractivity contribution in [3.8, 4) is 6.07 Å². The first kappa shape index (κ1) is 9.72. The molecule has 1 aliphatic rings. The van der Waals surface area contributed by atoms with Gasteiger partial charge >= 0.3 is 0 Å². The number of para-hydroxylation sites is 1. The van der Waals surface area contributed by atoms with Crippen molar-refractivity contribution >= 4 is 11.6 Å². The minimum absolute atomic E-state index is 0.0421. The van der Waals surface area contributed by atoms with Crippen LogP contribution < -0.4 is 5.32 Å². The molecule has 1 aliphatic heterocycles. The number of hydrogen-bond acceptors (Lipinski definition) is 2. The number of nitrogens with zero attached hydrogens (tertiary/aromatic N) is 1. The van der Waals surface area contributed by atoms with Crippen molar-refractivity contribution < 1.29 is 4.79 Å². The van der Waals surface area contributed by atoms with Gasteiger partial charge in [0.2, 0.25) is 5.91 Å². The first-order valence-corrected chi connectivity index (χ1v) is 5.07. The number of hydrogen-bond donors (Lipinski definition) is 1. The summed E-state index contributed by atoms with van der Waals surface area (Å²) in [4.78, 5) is 11.6. The van der Waals surface area contributed by atoms with Gasteiger partial charge in [-0.3, -0.25) is 4.79 Å². The lowest BCUT2D eigenvalue weighted by molar-refractivity contribution is -0.120. The van der Waals surface area contributed by atoms with E-state index in [1.54, 1.807) is 0 Å². The van der Waals surface area contributed by atoms with Gasteiger partial charge in [-0.15, -0.1) is 0 Å². The van der Waals surface area contributed by atoms with E-state index in [1.165, 1.54) is 5.56 Å². The molecule has 0 fully saturated rings. The minimum Gasteiger partial charge on any atom is -0.326 e. The lowest BCUT2D eigenvalue weighted by atomic mass is 9.90. The second-order valence-electron chi connectivity index (χ2n) is 3.74. The number of carbonyl (C=O) groups excluding carboxylic acids is 1. The van der Waals surface area contributed by atoms with Crippen LogP contribution in [-0.2, 0) is 11.2 Å². The number of rotatable bonds is 2. The van der Waals surface area contributed by atoms with Gasteiger partial charge in [0.25, 0.3) is 0 Å². The number of carbonyl (C=O) groups is 1. The Balaban J connectivity index is 2.15. The molecular weight excluding hydrogens is 188 g/mol. The van der Waals surface area contributed by atoms with E-state index in [1.807, 2.05) is 24.3 Å². The third kappa shape index (κ3) is 1.99. The van der Waals surface area contributed by atoms with E-state index in [-0.39, 0.29) is 11.8 Å². The Morgan fingerprint density at radius 2 is 2.27 bits per heavy atom. The Morgan fingerprint density at radius 1 is 1.47 bits per heavy atom. The van der Waals surface area contributed by atoms with Crippen molar-refractivity contribution in [3.63, 3.8) is 0 Å². The Hall–Kier alpha value is -1.82. The van der Waals surface area contributed by atoms with Crippen LogP contribution in [-0.4, -0.2) is 5.91 Å². The molecular formula is C12H12N2O. The molecule has 3 heteroatoms. The van der Waals surface area contributed by atoms with E-state index in [0.717, 1.165) is 12.1 Å². The summed E-state index contributed by atoms with van der Waals surface area (Å²) in [6.45, 7) is 0. The van der Waals surface area contributed by atoms with Gasteiger partial charge in [-0.05, 0) is 24.5 Å². The molecule has 0 aromatic heterocycles. The first-order valence-electron chi connectivity index (χ1n) is 5.07. The Bertz CT molecular complexity index is 420. The van der Waals surface area contributed by atoms with Gasteiger partial charge in [0.1, 0.15) is 0 Å². The van der Waals surface area contributed by atoms with E-state index < -0.39 is 0 Å². The summed E-state index contributed by atoms with van der Waals surface area (Å²) in [7, 11) is 0. The molecule has 1 aromatic rings. The van der Waals surface area contributed by atoms with Gasteiger partial charge in [0.05, 0.1) is 6.07 Å². The van der Waals surface area contributed by atoms with E-state index >= 15 is 0 Å². The standard InChI is InChI=1S/C12H12N2O/c13-7-3-5-10-8-9-4-1-2-6-11(9)14-12(10)15/h1-2,4,6,10H,3,5,8H2,(H,14,15). The average molecular weight is 200 g/mol. The Kier molecular flexibility index (Phi) is 2.68. The number of nitrogens with one attached hydrogen (secondary N) is 1. The zero-order chi connectivity index (χ0) is 10.7. The molecule has 15 heavy (non-hydrogen) atoms. The topological polar surface area (TPSA) is 52.9 Å². The molecule has 1 unspecified atom stereocenters. The molecule has 1 N–H and O–H groups in total. The highest BCUT2D eigenvalue weighted by Gasteiger charge is 2.24. The van der Waals surface area contributed by atoms with Crippen LogP contribution in [0.15, 0.2) is 24.3 Å². The number of anilines is 1. The van der Waals surface area contributed by atoms with Gasteiger partial charge in [-0.1, -0.05) is 18.2 Å². The van der Waals surface area contributed by atoms with E-state index in [0.29, 0.717) is 12.8 Å². The molecule has 76 valence electrons. The van der Waals surface area contributed by atoms with Gasteiger partial charge in [-0.2, -0.15) is 5.26 Å². The van der Waals surface area contributed by atoms with Crippen LogP contribution in [0.1, 0.15) is 18.4 Å². The maximum absolute atomic E-state index is 11.6. The van der Waals surface area contributed by atoms with E-state index in [9.17, 15) is 4.79 Å². The van der Waals surface area contributed by atoms with Crippen LogP contribution in [0.4, 0.5) is 5.69 Å². The van der Waals surface area contributed by atoms with Crippen molar-refractivity contribution in [1.29, 1.82) is 5.26 Å². The quantitative estimate of drug-likeness (QED) is 0.794. The zero-order valence-corrected chi connectivity index (χ0v) is 8.36. The highest BCUT2D eigenvalue weighted by Crippen LogP contribution is 2.27. The lowest BCUT2D eigenvalue weighted by Gasteiger charge is -2.23. The summed E-state index contributed by atoms with van der Waals surface area (Å²) in [6, 6.07) is 9.89. The third-order valence-electron chi connectivity index (χ3n) is 2.72. The number of nitriles is 1. The number of fused-ring (bicyclic) bond motifs is 1. The van der Waals surface area contributed by atoms with Gasteiger partial charge < -0.3 is 5.32 Å². The second kappa shape index (κ2) is 4.14. The highest BCUT2D eigenvalue weighted by atomic mass is 16.1. The van der Waals surface area contributed by atoms with Crippen LogP contribution in [0, 0.1) is 17.2 Å². The molecule has 1 heterocycles. The average Bonchev–Trinajstić information content (AvgIpc) is 2.26. The Morgan fingerprint density at radius 3 is 3.07 bits per heavy atom. The zero-order valence-electron chi connectivity index (χ0n) is 8.36. The van der Waals surface area contributed by atoms with Crippen molar-refractivity contribution in [1.82, 2.24) is 0 Å². The fourth-order valence-electron chi connectivity index (χ4n) is 1.89. The fraction of sp³-hybridized carbons (Fsp3) is 0.333. The SMILES string of the molecule is N#CCCC1Cc2ccccc2NC1=O. The monoisotopic (exact) mass is 200 g/mol. The minimum atomic E-state index is -0.0421. The molecule has 0 spiro atoms. The molecule has 1 atom stereocenters. The molecule has 0 saturated heterocycles. The first-order chi connectivity index (χ1) is 7.31. The fourth-order valence-corrected chi connectivity index (χ4v) is 1.89. The van der Waals surface area contributed by atoms with Crippen LogP contribution >= 0.6 is 0 Å². The smallest absolute Gasteiger partial charge is 0.227 e. The van der Waals surface area contributed by atoms with Crippen LogP contribution in [0.5, 0.6) is 0 Å². The Labute approximate surface area is 88.7 Å².